The second kappa shape index (κ2) is 9.25. The van der Waals surface area contributed by atoms with Gasteiger partial charge < -0.3 is 16.0 Å². The average molecular weight is 319 g/mol. The highest BCUT2D eigenvalue weighted by atomic mass is 19.3. The molecule has 0 saturated carbocycles. The van der Waals surface area contributed by atoms with Gasteiger partial charge in [-0.15, -0.1) is 0 Å². The minimum Gasteiger partial charge on any atom is -0.355 e. The van der Waals surface area contributed by atoms with Gasteiger partial charge in [-0.2, -0.15) is 0 Å². The summed E-state index contributed by atoms with van der Waals surface area (Å²) in [6.07, 6.45) is -0.504. The highest BCUT2D eigenvalue weighted by Crippen LogP contribution is 2.11. The van der Waals surface area contributed by atoms with Crippen molar-refractivity contribution >= 4 is 5.96 Å². The monoisotopic (exact) mass is 319 g/mol. The van der Waals surface area contributed by atoms with Crippen LogP contribution in [0.3, 0.4) is 0 Å². The highest BCUT2D eigenvalue weighted by Gasteiger charge is 2.21. The van der Waals surface area contributed by atoms with Crippen molar-refractivity contribution in [3.63, 3.8) is 0 Å². The Hall–Kier alpha value is -0.950. The number of halogens is 2. The molecule has 1 aliphatic rings. The molecule has 0 bridgehead atoms. The van der Waals surface area contributed by atoms with Crippen LogP contribution in [0.25, 0.3) is 0 Å². The van der Waals surface area contributed by atoms with Gasteiger partial charge in [0.15, 0.2) is 5.96 Å². The molecule has 5 nitrogen and oxygen atoms in total. The van der Waals surface area contributed by atoms with E-state index in [-0.39, 0.29) is 12.1 Å². The number of hydrogen-bond acceptors (Lipinski definition) is 3. The van der Waals surface area contributed by atoms with Crippen LogP contribution in [0.4, 0.5) is 8.78 Å². The lowest BCUT2D eigenvalue weighted by Crippen LogP contribution is -2.50. The zero-order chi connectivity index (χ0) is 16.6. The van der Waals surface area contributed by atoms with Crippen LogP contribution in [0.2, 0.25) is 0 Å². The Morgan fingerprint density at radius 2 is 1.86 bits per heavy atom. The molecule has 22 heavy (non-hydrogen) atoms. The molecule has 0 aromatic heterocycles. The van der Waals surface area contributed by atoms with E-state index in [0.29, 0.717) is 19.1 Å². The van der Waals surface area contributed by atoms with Crippen molar-refractivity contribution in [1.82, 2.24) is 20.9 Å². The summed E-state index contributed by atoms with van der Waals surface area (Å²) in [5, 5.41) is 10.1. The number of alkyl halides is 2. The molecule has 0 aromatic carbocycles. The van der Waals surface area contributed by atoms with E-state index in [1.807, 2.05) is 4.90 Å². The summed E-state index contributed by atoms with van der Waals surface area (Å²) in [4.78, 5) is 6.04. The van der Waals surface area contributed by atoms with Crippen LogP contribution in [0, 0.1) is 0 Å². The molecule has 1 saturated heterocycles. The van der Waals surface area contributed by atoms with Gasteiger partial charge in [-0.25, -0.2) is 8.78 Å². The predicted molar refractivity (Wildman–Crippen MR) is 87.7 cm³/mol. The van der Waals surface area contributed by atoms with Crippen molar-refractivity contribution in [3.05, 3.63) is 0 Å². The van der Waals surface area contributed by atoms with Crippen molar-refractivity contribution in [3.8, 4) is 0 Å². The minimum absolute atomic E-state index is 0.107. The summed E-state index contributed by atoms with van der Waals surface area (Å²) in [5.74, 6) is 0.781. The number of piperidine rings is 1. The first kappa shape index (κ1) is 19.1. The number of nitrogens with zero attached hydrogens (tertiary/aromatic N) is 2. The van der Waals surface area contributed by atoms with Crippen molar-refractivity contribution in [2.75, 3.05) is 39.8 Å². The fourth-order valence-electron chi connectivity index (χ4n) is 2.46. The van der Waals surface area contributed by atoms with E-state index in [4.69, 9.17) is 0 Å². The molecule has 1 rings (SSSR count). The quantitative estimate of drug-likeness (QED) is 0.392. The molecule has 0 aromatic rings. The highest BCUT2D eigenvalue weighted by molar-refractivity contribution is 5.79. The average Bonchev–Trinajstić information content (AvgIpc) is 2.42. The van der Waals surface area contributed by atoms with E-state index in [1.165, 1.54) is 0 Å². The summed E-state index contributed by atoms with van der Waals surface area (Å²) in [6.45, 7) is 9.36. The zero-order valence-corrected chi connectivity index (χ0v) is 14.3. The third-order valence-electron chi connectivity index (χ3n) is 3.62. The maximum absolute atomic E-state index is 12.3. The number of aliphatic imine (C=N–C) groups is 1. The number of guanidine groups is 1. The van der Waals surface area contributed by atoms with E-state index < -0.39 is 6.43 Å². The van der Waals surface area contributed by atoms with Crippen molar-refractivity contribution in [1.29, 1.82) is 0 Å². The van der Waals surface area contributed by atoms with Gasteiger partial charge in [0.1, 0.15) is 0 Å². The molecular weight excluding hydrogens is 288 g/mol. The summed E-state index contributed by atoms with van der Waals surface area (Å²) < 4.78 is 24.7. The summed E-state index contributed by atoms with van der Waals surface area (Å²) in [6, 6.07) is 0.302. The van der Waals surface area contributed by atoms with Gasteiger partial charge in [0.25, 0.3) is 6.43 Å². The molecule has 7 heteroatoms. The molecular formula is C15H31F2N5. The maximum atomic E-state index is 12.3. The van der Waals surface area contributed by atoms with Crippen molar-refractivity contribution in [2.45, 2.75) is 51.6 Å². The Morgan fingerprint density at radius 3 is 2.36 bits per heavy atom. The van der Waals surface area contributed by atoms with Gasteiger partial charge in [0.2, 0.25) is 0 Å². The van der Waals surface area contributed by atoms with Gasteiger partial charge in [-0.3, -0.25) is 9.89 Å². The Kier molecular flexibility index (Phi) is 8.03. The molecule has 130 valence electrons. The third kappa shape index (κ3) is 8.48. The number of likely N-dealkylation sites (tertiary alicyclic amines) is 1. The van der Waals surface area contributed by atoms with Crippen LogP contribution >= 0.6 is 0 Å². The number of hydrogen-bond donors (Lipinski definition) is 3. The fourth-order valence-corrected chi connectivity index (χ4v) is 2.46. The Balaban J connectivity index is 2.21. The molecule has 0 spiro atoms. The van der Waals surface area contributed by atoms with Gasteiger partial charge in [0.05, 0.1) is 6.54 Å². The molecule has 0 unspecified atom stereocenters. The number of nitrogens with one attached hydrogen (secondary N) is 3. The van der Waals surface area contributed by atoms with Crippen molar-refractivity contribution in [2.24, 2.45) is 4.99 Å². The molecule has 1 fully saturated rings. The van der Waals surface area contributed by atoms with Crippen LogP contribution < -0.4 is 16.0 Å². The zero-order valence-electron chi connectivity index (χ0n) is 14.3. The fraction of sp³-hybridized carbons (Fsp3) is 0.933. The van der Waals surface area contributed by atoms with Gasteiger partial charge in [-0.05, 0) is 33.6 Å². The lowest BCUT2D eigenvalue weighted by molar-refractivity contribution is 0.0744. The first-order valence-corrected chi connectivity index (χ1v) is 8.03. The minimum atomic E-state index is -2.24. The van der Waals surface area contributed by atoms with E-state index in [9.17, 15) is 8.78 Å². The molecule has 0 amide bonds. The SMILES string of the molecule is CN=C(NCCNC(C)(C)C)NC1CCN(CC(F)F)CC1. The lowest BCUT2D eigenvalue weighted by atomic mass is 10.1. The number of rotatable bonds is 6. The topological polar surface area (TPSA) is 51.7 Å². The van der Waals surface area contributed by atoms with E-state index in [0.717, 1.165) is 31.9 Å². The van der Waals surface area contributed by atoms with Gasteiger partial charge in [-0.1, -0.05) is 0 Å². The summed E-state index contributed by atoms with van der Waals surface area (Å²) in [7, 11) is 1.75. The van der Waals surface area contributed by atoms with Crippen LogP contribution in [0.5, 0.6) is 0 Å². The molecule has 0 radical (unpaired) electrons. The summed E-state index contributed by atoms with van der Waals surface area (Å²) in [5.41, 5.74) is 0.107. The first-order valence-electron chi connectivity index (χ1n) is 8.03. The second-order valence-electron chi connectivity index (χ2n) is 6.79. The lowest BCUT2D eigenvalue weighted by Gasteiger charge is -2.32. The molecule has 1 heterocycles. The third-order valence-corrected chi connectivity index (χ3v) is 3.62. The Bertz CT molecular complexity index is 333. The van der Waals surface area contributed by atoms with E-state index in [2.05, 4.69) is 41.7 Å². The summed E-state index contributed by atoms with van der Waals surface area (Å²) >= 11 is 0. The van der Waals surface area contributed by atoms with Gasteiger partial charge in [0, 0.05) is 44.8 Å². The smallest absolute Gasteiger partial charge is 0.251 e. The normalized spacial score (nSPS) is 18.8. The Morgan fingerprint density at radius 1 is 1.23 bits per heavy atom. The first-order chi connectivity index (χ1) is 10.3. The molecule has 0 atom stereocenters. The van der Waals surface area contributed by atoms with Gasteiger partial charge >= 0.3 is 0 Å². The molecule has 3 N–H and O–H groups in total. The Labute approximate surface area is 132 Å². The molecule has 0 aliphatic carbocycles. The van der Waals surface area contributed by atoms with Crippen LogP contribution in [-0.2, 0) is 0 Å². The maximum Gasteiger partial charge on any atom is 0.251 e. The van der Waals surface area contributed by atoms with Crippen LogP contribution in [0.1, 0.15) is 33.6 Å². The standard InChI is InChI=1S/C15H31F2N5/c1-15(2,3)20-8-7-19-14(18-4)21-12-5-9-22(10-6-12)11-13(16)17/h12-13,20H,5-11H2,1-4H3,(H2,18,19,21). The van der Waals surface area contributed by atoms with E-state index in [1.54, 1.807) is 7.05 Å². The van der Waals surface area contributed by atoms with Crippen molar-refractivity contribution < 1.29 is 8.78 Å². The largest absolute Gasteiger partial charge is 0.355 e. The second-order valence-corrected chi connectivity index (χ2v) is 6.79. The van der Waals surface area contributed by atoms with Crippen LogP contribution in [0.15, 0.2) is 4.99 Å². The van der Waals surface area contributed by atoms with E-state index >= 15 is 0 Å². The predicted octanol–water partition coefficient (Wildman–Crippen LogP) is 1.27. The van der Waals surface area contributed by atoms with Crippen LogP contribution in [-0.4, -0.2) is 68.6 Å². The molecule has 1 aliphatic heterocycles.